The number of hydrogen-bond acceptors (Lipinski definition) is 5. The van der Waals surface area contributed by atoms with Gasteiger partial charge in [0, 0.05) is 45.0 Å². The van der Waals surface area contributed by atoms with E-state index in [1.165, 1.54) is 12.8 Å². The summed E-state index contributed by atoms with van der Waals surface area (Å²) in [5.41, 5.74) is 1.05. The van der Waals surface area contributed by atoms with Crippen molar-refractivity contribution in [3.05, 3.63) is 23.9 Å². The molecule has 0 aliphatic carbocycles. The molecule has 3 rings (SSSR count). The molecule has 2 saturated heterocycles. The van der Waals surface area contributed by atoms with E-state index in [1.807, 2.05) is 19.2 Å². The molecule has 1 N–H and O–H groups in total. The van der Waals surface area contributed by atoms with Gasteiger partial charge < -0.3 is 24.4 Å². The highest BCUT2D eigenvalue weighted by atomic mass is 127. The molecule has 1 aromatic heterocycles. The van der Waals surface area contributed by atoms with Crippen molar-refractivity contribution < 1.29 is 14.2 Å². The summed E-state index contributed by atoms with van der Waals surface area (Å²) in [6.07, 6.45) is 8.97. The zero-order chi connectivity index (χ0) is 20.3. The number of hydrogen-bond donors (Lipinski definition) is 1. The van der Waals surface area contributed by atoms with Crippen LogP contribution in [0, 0.1) is 0 Å². The standard InChI is InChI=1S/C22H36N4O3.HI/c1-3-14-28-21-18(7-6-11-24-21)16-25-22(23-2)26-12-9-19(10-13-26)29-17-20-8-4-5-15-27-20;/h6-7,11,19-20H,3-5,8-10,12-17H2,1-2H3,(H,23,25);1H. The maximum absolute atomic E-state index is 6.13. The number of piperidine rings is 1. The van der Waals surface area contributed by atoms with Gasteiger partial charge in [-0.3, -0.25) is 4.99 Å². The number of likely N-dealkylation sites (tertiary alicyclic amines) is 1. The molecule has 3 heterocycles. The van der Waals surface area contributed by atoms with Crippen molar-refractivity contribution in [2.24, 2.45) is 4.99 Å². The highest BCUT2D eigenvalue weighted by Gasteiger charge is 2.24. The predicted octanol–water partition coefficient (Wildman–Crippen LogP) is 3.61. The van der Waals surface area contributed by atoms with Crippen LogP contribution in [0.2, 0.25) is 0 Å². The Bertz CT molecular complexity index is 633. The quantitative estimate of drug-likeness (QED) is 0.314. The lowest BCUT2D eigenvalue weighted by Gasteiger charge is -2.35. The molecule has 1 unspecified atom stereocenters. The number of nitrogens with zero attached hydrogens (tertiary/aromatic N) is 3. The average Bonchev–Trinajstić information content (AvgIpc) is 2.79. The smallest absolute Gasteiger partial charge is 0.218 e. The Morgan fingerprint density at radius 3 is 2.83 bits per heavy atom. The number of pyridine rings is 1. The number of nitrogens with one attached hydrogen (secondary N) is 1. The zero-order valence-electron chi connectivity index (χ0n) is 18.3. The molecule has 30 heavy (non-hydrogen) atoms. The van der Waals surface area contributed by atoms with Gasteiger partial charge in [0.05, 0.1) is 25.4 Å². The van der Waals surface area contributed by atoms with Crippen LogP contribution in [0.4, 0.5) is 0 Å². The molecule has 0 aromatic carbocycles. The van der Waals surface area contributed by atoms with Gasteiger partial charge in [-0.15, -0.1) is 24.0 Å². The normalized spacial score (nSPS) is 20.5. The van der Waals surface area contributed by atoms with Gasteiger partial charge in [0.15, 0.2) is 5.96 Å². The van der Waals surface area contributed by atoms with Crippen molar-refractivity contribution in [1.82, 2.24) is 15.2 Å². The molecule has 8 heteroatoms. The van der Waals surface area contributed by atoms with E-state index in [-0.39, 0.29) is 24.0 Å². The molecule has 0 radical (unpaired) electrons. The molecule has 0 amide bonds. The van der Waals surface area contributed by atoms with E-state index in [1.54, 1.807) is 6.20 Å². The van der Waals surface area contributed by atoms with E-state index >= 15 is 0 Å². The lowest BCUT2D eigenvalue weighted by atomic mass is 10.1. The second-order valence-electron chi connectivity index (χ2n) is 7.73. The molecule has 2 aliphatic heterocycles. The highest BCUT2D eigenvalue weighted by Crippen LogP contribution is 2.18. The molecule has 170 valence electrons. The first-order valence-corrected chi connectivity index (χ1v) is 11.1. The molecule has 0 saturated carbocycles. The third-order valence-electron chi connectivity index (χ3n) is 5.47. The molecule has 0 spiro atoms. The number of aliphatic imine (C=N–C) groups is 1. The lowest BCUT2D eigenvalue weighted by molar-refractivity contribution is -0.0721. The van der Waals surface area contributed by atoms with Crippen LogP contribution in [0.15, 0.2) is 23.3 Å². The van der Waals surface area contributed by atoms with Crippen LogP contribution < -0.4 is 10.1 Å². The number of ether oxygens (including phenoxy) is 3. The summed E-state index contributed by atoms with van der Waals surface area (Å²) < 4.78 is 17.7. The van der Waals surface area contributed by atoms with E-state index in [0.717, 1.165) is 63.5 Å². The van der Waals surface area contributed by atoms with Crippen molar-refractivity contribution in [3.8, 4) is 5.88 Å². The predicted molar refractivity (Wildman–Crippen MR) is 130 cm³/mol. The second kappa shape index (κ2) is 14.0. The van der Waals surface area contributed by atoms with Crippen LogP contribution in [0.5, 0.6) is 5.88 Å². The molecule has 2 aliphatic rings. The van der Waals surface area contributed by atoms with Gasteiger partial charge >= 0.3 is 0 Å². The summed E-state index contributed by atoms with van der Waals surface area (Å²) in [6, 6.07) is 3.99. The molecule has 7 nitrogen and oxygen atoms in total. The van der Waals surface area contributed by atoms with Gasteiger partial charge in [0.2, 0.25) is 5.88 Å². The van der Waals surface area contributed by atoms with Crippen LogP contribution in [-0.2, 0) is 16.0 Å². The van der Waals surface area contributed by atoms with Crippen molar-refractivity contribution in [3.63, 3.8) is 0 Å². The fourth-order valence-electron chi connectivity index (χ4n) is 3.81. The minimum Gasteiger partial charge on any atom is -0.477 e. The first-order valence-electron chi connectivity index (χ1n) is 11.1. The van der Waals surface area contributed by atoms with Crippen molar-refractivity contribution in [2.75, 3.05) is 40.0 Å². The number of halogens is 1. The molecule has 0 bridgehead atoms. The van der Waals surface area contributed by atoms with Gasteiger partial charge in [-0.25, -0.2) is 4.98 Å². The summed E-state index contributed by atoms with van der Waals surface area (Å²) >= 11 is 0. The number of rotatable bonds is 8. The lowest BCUT2D eigenvalue weighted by Crippen LogP contribution is -2.47. The fraction of sp³-hybridized carbons (Fsp3) is 0.727. The summed E-state index contributed by atoms with van der Waals surface area (Å²) in [5.74, 6) is 1.62. The van der Waals surface area contributed by atoms with Crippen LogP contribution in [0.1, 0.15) is 51.0 Å². The summed E-state index contributed by atoms with van der Waals surface area (Å²) in [6.45, 7) is 6.94. The topological polar surface area (TPSA) is 68.2 Å². The monoisotopic (exact) mass is 532 g/mol. The minimum absolute atomic E-state index is 0. The Morgan fingerprint density at radius 1 is 1.30 bits per heavy atom. The summed E-state index contributed by atoms with van der Waals surface area (Å²) in [4.78, 5) is 11.1. The molecule has 2 fully saturated rings. The van der Waals surface area contributed by atoms with E-state index in [0.29, 0.717) is 31.2 Å². The van der Waals surface area contributed by atoms with Gasteiger partial charge in [0.1, 0.15) is 0 Å². The molecule has 1 atom stereocenters. The van der Waals surface area contributed by atoms with E-state index in [4.69, 9.17) is 14.2 Å². The Balaban J connectivity index is 0.00000320. The molecular weight excluding hydrogens is 495 g/mol. The zero-order valence-corrected chi connectivity index (χ0v) is 20.7. The van der Waals surface area contributed by atoms with Crippen LogP contribution in [-0.4, -0.2) is 68.0 Å². The van der Waals surface area contributed by atoms with Gasteiger partial charge in [-0.1, -0.05) is 13.0 Å². The Labute approximate surface area is 198 Å². The second-order valence-corrected chi connectivity index (χ2v) is 7.73. The Morgan fingerprint density at radius 2 is 2.13 bits per heavy atom. The SMILES string of the molecule is CCCOc1ncccc1CNC(=NC)N1CCC(OCC2CCCCO2)CC1.I. The van der Waals surface area contributed by atoms with E-state index < -0.39 is 0 Å². The maximum Gasteiger partial charge on any atom is 0.218 e. The molecule has 1 aromatic rings. The molecular formula is C22H37IN4O3. The van der Waals surface area contributed by atoms with Crippen LogP contribution in [0.25, 0.3) is 0 Å². The Kier molecular flexibility index (Phi) is 11.8. The van der Waals surface area contributed by atoms with Crippen molar-refractivity contribution in [1.29, 1.82) is 0 Å². The maximum atomic E-state index is 6.13. The van der Waals surface area contributed by atoms with Gasteiger partial charge in [0.25, 0.3) is 0 Å². The largest absolute Gasteiger partial charge is 0.477 e. The van der Waals surface area contributed by atoms with Gasteiger partial charge in [-0.2, -0.15) is 0 Å². The summed E-state index contributed by atoms with van der Waals surface area (Å²) in [7, 11) is 1.84. The van der Waals surface area contributed by atoms with Crippen molar-refractivity contribution >= 4 is 29.9 Å². The summed E-state index contributed by atoms with van der Waals surface area (Å²) in [5, 5.41) is 3.47. The van der Waals surface area contributed by atoms with E-state index in [9.17, 15) is 0 Å². The van der Waals surface area contributed by atoms with Crippen LogP contribution in [0.3, 0.4) is 0 Å². The first-order chi connectivity index (χ1) is 14.3. The Hall–Kier alpha value is -1.13. The fourth-order valence-corrected chi connectivity index (χ4v) is 3.81. The average molecular weight is 532 g/mol. The third-order valence-corrected chi connectivity index (χ3v) is 5.47. The first kappa shape index (κ1) is 25.1. The van der Waals surface area contributed by atoms with E-state index in [2.05, 4.69) is 27.1 Å². The number of guanidine groups is 1. The highest BCUT2D eigenvalue weighted by molar-refractivity contribution is 14.0. The minimum atomic E-state index is 0. The third kappa shape index (κ3) is 7.85. The van der Waals surface area contributed by atoms with Gasteiger partial charge in [-0.05, 0) is 44.6 Å². The number of aromatic nitrogens is 1. The van der Waals surface area contributed by atoms with Crippen LogP contribution >= 0.6 is 24.0 Å². The van der Waals surface area contributed by atoms with Crippen molar-refractivity contribution in [2.45, 2.75) is 64.2 Å².